The molecule has 0 bridgehead atoms. The van der Waals surface area contributed by atoms with Crippen LogP contribution in [-0.4, -0.2) is 4.57 Å². The molecule has 3 aromatic rings. The Morgan fingerprint density at radius 3 is 2.65 bits per heavy atom. The molecule has 0 saturated carbocycles. The van der Waals surface area contributed by atoms with Crippen molar-refractivity contribution in [2.45, 2.75) is 13.1 Å². The van der Waals surface area contributed by atoms with Gasteiger partial charge < -0.3 is 10.3 Å². The van der Waals surface area contributed by atoms with Crippen LogP contribution in [0.2, 0.25) is 0 Å². The van der Waals surface area contributed by atoms with E-state index in [-0.39, 0.29) is 18.2 Å². The van der Waals surface area contributed by atoms with Crippen molar-refractivity contribution >= 4 is 10.9 Å². The zero-order valence-electron chi connectivity index (χ0n) is 10.8. The molecule has 0 aliphatic heterocycles. The van der Waals surface area contributed by atoms with E-state index in [2.05, 4.69) is 0 Å². The lowest BCUT2D eigenvalue weighted by Gasteiger charge is -2.10. The van der Waals surface area contributed by atoms with Gasteiger partial charge in [-0.1, -0.05) is 12.1 Å². The van der Waals surface area contributed by atoms with Crippen LogP contribution in [0.1, 0.15) is 11.1 Å². The molecule has 3 rings (SSSR count). The van der Waals surface area contributed by atoms with Gasteiger partial charge >= 0.3 is 0 Å². The van der Waals surface area contributed by atoms with Crippen molar-refractivity contribution in [3.8, 4) is 0 Å². The molecule has 0 aliphatic rings. The zero-order valence-corrected chi connectivity index (χ0v) is 10.8. The van der Waals surface area contributed by atoms with E-state index in [9.17, 15) is 8.78 Å². The first-order valence-electron chi connectivity index (χ1n) is 6.40. The third kappa shape index (κ3) is 2.18. The predicted octanol–water partition coefficient (Wildman–Crippen LogP) is 3.43. The summed E-state index contributed by atoms with van der Waals surface area (Å²) in [7, 11) is 0. The molecular weight excluding hydrogens is 258 g/mol. The SMILES string of the molecule is NCc1cc(F)ccc1Cn1ccc2c(F)cccc21. The molecule has 0 aliphatic carbocycles. The van der Waals surface area contributed by atoms with Gasteiger partial charge in [-0.15, -0.1) is 0 Å². The summed E-state index contributed by atoms with van der Waals surface area (Å²) in [6.07, 6.45) is 1.83. The lowest BCUT2D eigenvalue weighted by Crippen LogP contribution is -2.06. The van der Waals surface area contributed by atoms with Crippen LogP contribution in [0.25, 0.3) is 10.9 Å². The molecule has 2 aromatic carbocycles. The summed E-state index contributed by atoms with van der Waals surface area (Å²) in [5.41, 5.74) is 8.17. The molecule has 0 amide bonds. The number of nitrogens with zero attached hydrogens (tertiary/aromatic N) is 1. The highest BCUT2D eigenvalue weighted by Crippen LogP contribution is 2.21. The molecular formula is C16H14F2N2. The van der Waals surface area contributed by atoms with Crippen LogP contribution in [0.4, 0.5) is 8.78 Å². The summed E-state index contributed by atoms with van der Waals surface area (Å²) < 4.78 is 28.8. The minimum absolute atomic E-state index is 0.237. The Morgan fingerprint density at radius 2 is 1.85 bits per heavy atom. The average molecular weight is 272 g/mol. The lowest BCUT2D eigenvalue weighted by atomic mass is 10.1. The van der Waals surface area contributed by atoms with E-state index < -0.39 is 0 Å². The fourth-order valence-corrected chi connectivity index (χ4v) is 2.45. The van der Waals surface area contributed by atoms with Crippen molar-refractivity contribution < 1.29 is 8.78 Å². The van der Waals surface area contributed by atoms with E-state index in [1.54, 1.807) is 18.2 Å². The Labute approximate surface area is 115 Å². The van der Waals surface area contributed by atoms with Gasteiger partial charge in [0.25, 0.3) is 0 Å². The molecule has 2 N–H and O–H groups in total. The van der Waals surface area contributed by atoms with Gasteiger partial charge in [-0.25, -0.2) is 8.78 Å². The number of rotatable bonds is 3. The van der Waals surface area contributed by atoms with E-state index in [1.165, 1.54) is 18.2 Å². The van der Waals surface area contributed by atoms with Crippen molar-refractivity contribution in [3.63, 3.8) is 0 Å². The minimum Gasteiger partial charge on any atom is -0.343 e. The minimum atomic E-state index is -0.294. The standard InChI is InChI=1S/C16H14F2N2/c17-13-5-4-11(12(8-13)9-19)10-20-7-6-14-15(18)2-1-3-16(14)20/h1-8H,9-10,19H2. The lowest BCUT2D eigenvalue weighted by molar-refractivity contribution is 0.623. The molecule has 4 heteroatoms. The van der Waals surface area contributed by atoms with Gasteiger partial charge in [0.2, 0.25) is 0 Å². The van der Waals surface area contributed by atoms with Crippen LogP contribution in [0.15, 0.2) is 48.7 Å². The Bertz CT molecular complexity index is 762. The van der Waals surface area contributed by atoms with E-state index >= 15 is 0 Å². The van der Waals surface area contributed by atoms with Crippen molar-refractivity contribution in [1.82, 2.24) is 4.57 Å². The molecule has 0 saturated heterocycles. The topological polar surface area (TPSA) is 30.9 Å². The maximum Gasteiger partial charge on any atom is 0.132 e. The second-order valence-corrected chi connectivity index (χ2v) is 4.73. The number of hydrogen-bond acceptors (Lipinski definition) is 1. The smallest absolute Gasteiger partial charge is 0.132 e. The molecule has 0 fully saturated rings. The zero-order chi connectivity index (χ0) is 14.1. The summed E-state index contributed by atoms with van der Waals surface area (Å²) in [5.74, 6) is -0.531. The molecule has 2 nitrogen and oxygen atoms in total. The van der Waals surface area contributed by atoms with Gasteiger partial charge in [0.1, 0.15) is 11.6 Å². The highest BCUT2D eigenvalue weighted by Gasteiger charge is 2.08. The van der Waals surface area contributed by atoms with Gasteiger partial charge in [-0.3, -0.25) is 0 Å². The second-order valence-electron chi connectivity index (χ2n) is 4.73. The van der Waals surface area contributed by atoms with Crippen molar-refractivity contribution in [3.05, 3.63) is 71.4 Å². The van der Waals surface area contributed by atoms with Gasteiger partial charge in [-0.05, 0) is 41.5 Å². The number of hydrogen-bond donors (Lipinski definition) is 1. The Balaban J connectivity index is 2.04. The maximum atomic E-state index is 13.7. The largest absolute Gasteiger partial charge is 0.343 e. The van der Waals surface area contributed by atoms with Gasteiger partial charge in [0.05, 0.1) is 5.52 Å². The second kappa shape index (κ2) is 5.06. The van der Waals surface area contributed by atoms with Crippen LogP contribution < -0.4 is 5.73 Å². The predicted molar refractivity (Wildman–Crippen MR) is 75.3 cm³/mol. The molecule has 0 radical (unpaired) electrons. The summed E-state index contributed by atoms with van der Waals surface area (Å²) >= 11 is 0. The number of halogens is 2. The van der Waals surface area contributed by atoms with Crippen molar-refractivity contribution in [2.24, 2.45) is 5.73 Å². The van der Waals surface area contributed by atoms with Gasteiger partial charge in [0, 0.05) is 24.7 Å². The Hall–Kier alpha value is -2.20. The van der Waals surface area contributed by atoms with E-state index in [1.807, 2.05) is 16.8 Å². The molecule has 0 spiro atoms. The Morgan fingerprint density at radius 1 is 1.00 bits per heavy atom. The summed E-state index contributed by atoms with van der Waals surface area (Å²) in [4.78, 5) is 0. The number of fused-ring (bicyclic) bond motifs is 1. The van der Waals surface area contributed by atoms with Crippen LogP contribution in [-0.2, 0) is 13.1 Å². The highest BCUT2D eigenvalue weighted by molar-refractivity contribution is 5.80. The number of nitrogens with two attached hydrogens (primary N) is 1. The first-order valence-corrected chi connectivity index (χ1v) is 6.40. The monoisotopic (exact) mass is 272 g/mol. The number of benzene rings is 2. The molecule has 20 heavy (non-hydrogen) atoms. The maximum absolute atomic E-state index is 13.7. The average Bonchev–Trinajstić information content (AvgIpc) is 2.85. The number of aromatic nitrogens is 1. The quantitative estimate of drug-likeness (QED) is 0.778. The summed E-state index contributed by atoms with van der Waals surface area (Å²) in [6, 6.07) is 11.3. The molecule has 102 valence electrons. The summed E-state index contributed by atoms with van der Waals surface area (Å²) in [5, 5.41) is 0.587. The normalized spacial score (nSPS) is 11.2. The molecule has 0 atom stereocenters. The van der Waals surface area contributed by atoms with E-state index in [0.717, 1.165) is 16.6 Å². The van der Waals surface area contributed by atoms with Crippen LogP contribution >= 0.6 is 0 Å². The first-order chi connectivity index (χ1) is 9.69. The molecule has 1 heterocycles. The van der Waals surface area contributed by atoms with Crippen LogP contribution in [0, 0.1) is 11.6 Å². The molecule has 0 unspecified atom stereocenters. The fraction of sp³-hybridized carbons (Fsp3) is 0.125. The highest BCUT2D eigenvalue weighted by atomic mass is 19.1. The summed E-state index contributed by atoms with van der Waals surface area (Å²) in [6.45, 7) is 0.820. The van der Waals surface area contributed by atoms with Crippen molar-refractivity contribution in [1.29, 1.82) is 0 Å². The van der Waals surface area contributed by atoms with Crippen LogP contribution in [0.3, 0.4) is 0 Å². The van der Waals surface area contributed by atoms with Gasteiger partial charge in [0.15, 0.2) is 0 Å². The first kappa shape index (κ1) is 12.8. The molecule has 1 aromatic heterocycles. The third-order valence-electron chi connectivity index (χ3n) is 3.49. The Kier molecular flexibility index (Phi) is 3.24. The van der Waals surface area contributed by atoms with E-state index in [4.69, 9.17) is 5.73 Å². The van der Waals surface area contributed by atoms with Gasteiger partial charge in [-0.2, -0.15) is 0 Å². The van der Waals surface area contributed by atoms with E-state index in [0.29, 0.717) is 11.9 Å². The third-order valence-corrected chi connectivity index (χ3v) is 3.49. The van der Waals surface area contributed by atoms with Crippen molar-refractivity contribution in [2.75, 3.05) is 0 Å². The van der Waals surface area contributed by atoms with Crippen LogP contribution in [0.5, 0.6) is 0 Å². The fourth-order valence-electron chi connectivity index (χ4n) is 2.45.